The monoisotopic (exact) mass is 319 g/mol. The van der Waals surface area contributed by atoms with Gasteiger partial charge < -0.3 is 9.84 Å². The predicted octanol–water partition coefficient (Wildman–Crippen LogP) is 2.59. The normalized spacial score (nSPS) is 10.8. The number of rotatable bonds is 4. The molecule has 0 saturated heterocycles. The third-order valence-electron chi connectivity index (χ3n) is 3.62. The van der Waals surface area contributed by atoms with Gasteiger partial charge in [-0.3, -0.25) is 4.79 Å². The predicted molar refractivity (Wildman–Crippen MR) is 87.7 cm³/mol. The van der Waals surface area contributed by atoms with E-state index in [-0.39, 0.29) is 12.3 Å². The molecule has 0 radical (unpaired) electrons. The molecular weight excluding hydrogens is 306 g/mol. The van der Waals surface area contributed by atoms with Crippen LogP contribution in [-0.4, -0.2) is 25.8 Å². The lowest BCUT2D eigenvalue weighted by molar-refractivity contribution is -0.115. The molecule has 7 heteroatoms. The number of fused-ring (bicyclic) bond motifs is 1. The fraction of sp³-hybridized carbons (Fsp3) is 0.0588. The van der Waals surface area contributed by atoms with Gasteiger partial charge in [-0.25, -0.2) is 9.67 Å². The maximum absolute atomic E-state index is 12.4. The number of nitrogens with zero attached hydrogens (tertiary/aromatic N) is 4. The van der Waals surface area contributed by atoms with Crippen molar-refractivity contribution in [3.05, 3.63) is 66.9 Å². The number of hydrogen-bond acceptors (Lipinski definition) is 5. The Kier molecular flexibility index (Phi) is 3.51. The third-order valence-corrected chi connectivity index (χ3v) is 3.62. The van der Waals surface area contributed by atoms with E-state index < -0.39 is 0 Å². The van der Waals surface area contributed by atoms with Gasteiger partial charge in [0.15, 0.2) is 5.58 Å². The van der Waals surface area contributed by atoms with Crippen LogP contribution in [0.5, 0.6) is 0 Å². The summed E-state index contributed by atoms with van der Waals surface area (Å²) in [6, 6.07) is 14.9. The summed E-state index contributed by atoms with van der Waals surface area (Å²) in [5.41, 5.74) is 2.68. The second-order valence-electron chi connectivity index (χ2n) is 5.21. The SMILES string of the molecule is O=C(Cc1noc2ccccc12)Nc1ccccc1-n1cncn1. The topological polar surface area (TPSA) is 85.8 Å². The largest absolute Gasteiger partial charge is 0.356 e. The molecule has 0 aliphatic rings. The summed E-state index contributed by atoms with van der Waals surface area (Å²) in [5, 5.41) is 11.8. The molecular formula is C17H13N5O2. The van der Waals surface area contributed by atoms with Gasteiger partial charge in [0, 0.05) is 5.39 Å². The number of benzene rings is 2. The number of hydrogen-bond donors (Lipinski definition) is 1. The summed E-state index contributed by atoms with van der Waals surface area (Å²) in [6.45, 7) is 0. The maximum Gasteiger partial charge on any atom is 0.230 e. The van der Waals surface area contributed by atoms with Crippen LogP contribution in [0.4, 0.5) is 5.69 Å². The zero-order valence-electron chi connectivity index (χ0n) is 12.6. The maximum atomic E-state index is 12.4. The summed E-state index contributed by atoms with van der Waals surface area (Å²) in [4.78, 5) is 16.3. The summed E-state index contributed by atoms with van der Waals surface area (Å²) in [7, 11) is 0. The molecule has 24 heavy (non-hydrogen) atoms. The van der Waals surface area contributed by atoms with Gasteiger partial charge in [0.2, 0.25) is 5.91 Å². The van der Waals surface area contributed by atoms with E-state index in [0.717, 1.165) is 11.1 Å². The number of carbonyl (C=O) groups is 1. The molecule has 0 aliphatic carbocycles. The Balaban J connectivity index is 1.57. The minimum atomic E-state index is -0.179. The second kappa shape index (κ2) is 5.96. The molecule has 2 aromatic carbocycles. The molecule has 2 heterocycles. The molecule has 7 nitrogen and oxygen atoms in total. The highest BCUT2D eigenvalue weighted by molar-refractivity contribution is 5.96. The van der Waals surface area contributed by atoms with Crippen LogP contribution in [0.25, 0.3) is 16.7 Å². The molecule has 0 saturated carbocycles. The van der Waals surface area contributed by atoms with E-state index in [1.807, 2.05) is 48.5 Å². The van der Waals surface area contributed by atoms with E-state index in [4.69, 9.17) is 4.52 Å². The van der Waals surface area contributed by atoms with Crippen molar-refractivity contribution in [1.82, 2.24) is 19.9 Å². The molecule has 4 rings (SSSR count). The molecule has 1 amide bonds. The molecule has 2 aromatic heterocycles. The molecule has 0 bridgehead atoms. The highest BCUT2D eigenvalue weighted by Gasteiger charge is 2.14. The quantitative estimate of drug-likeness (QED) is 0.625. The van der Waals surface area contributed by atoms with E-state index in [1.54, 1.807) is 11.0 Å². The summed E-state index contributed by atoms with van der Waals surface area (Å²) in [6.07, 6.45) is 3.15. The Morgan fingerprint density at radius 3 is 2.83 bits per heavy atom. The first-order valence-electron chi connectivity index (χ1n) is 7.38. The van der Waals surface area contributed by atoms with E-state index in [0.29, 0.717) is 17.0 Å². The van der Waals surface area contributed by atoms with Crippen molar-refractivity contribution >= 4 is 22.6 Å². The first-order chi connectivity index (χ1) is 11.8. The van der Waals surface area contributed by atoms with Gasteiger partial charge in [-0.15, -0.1) is 0 Å². The number of anilines is 1. The highest BCUT2D eigenvalue weighted by atomic mass is 16.5. The lowest BCUT2D eigenvalue weighted by Crippen LogP contribution is -2.16. The molecule has 118 valence electrons. The Morgan fingerprint density at radius 1 is 1.12 bits per heavy atom. The zero-order valence-corrected chi connectivity index (χ0v) is 12.6. The number of nitrogens with one attached hydrogen (secondary N) is 1. The first-order valence-corrected chi connectivity index (χ1v) is 7.38. The van der Waals surface area contributed by atoms with Crippen LogP contribution in [0.1, 0.15) is 5.69 Å². The van der Waals surface area contributed by atoms with Crippen molar-refractivity contribution in [3.63, 3.8) is 0 Å². The summed E-state index contributed by atoms with van der Waals surface area (Å²) in [5.74, 6) is -0.179. The standard InChI is InChI=1S/C17H13N5O2/c23-17(9-14-12-5-1-4-8-16(12)24-21-14)20-13-6-2-3-7-15(13)22-11-18-10-19-22/h1-8,10-11H,9H2,(H,20,23). The molecule has 0 fully saturated rings. The number of carbonyl (C=O) groups excluding carboxylic acids is 1. The molecule has 0 unspecified atom stereocenters. The lowest BCUT2D eigenvalue weighted by atomic mass is 10.1. The second-order valence-corrected chi connectivity index (χ2v) is 5.21. The average molecular weight is 319 g/mol. The van der Waals surface area contributed by atoms with Gasteiger partial charge in [0.25, 0.3) is 0 Å². The van der Waals surface area contributed by atoms with Crippen molar-refractivity contribution in [2.24, 2.45) is 0 Å². The van der Waals surface area contributed by atoms with Crippen LogP contribution >= 0.6 is 0 Å². The zero-order chi connectivity index (χ0) is 16.4. The number of amides is 1. The van der Waals surface area contributed by atoms with Gasteiger partial charge in [-0.2, -0.15) is 5.10 Å². The molecule has 0 spiro atoms. The minimum Gasteiger partial charge on any atom is -0.356 e. The molecule has 0 aliphatic heterocycles. The smallest absolute Gasteiger partial charge is 0.230 e. The number of para-hydroxylation sites is 3. The van der Waals surface area contributed by atoms with Crippen LogP contribution in [0, 0.1) is 0 Å². The van der Waals surface area contributed by atoms with Crippen LogP contribution in [0.3, 0.4) is 0 Å². The Hall–Kier alpha value is -3.48. The van der Waals surface area contributed by atoms with Gasteiger partial charge >= 0.3 is 0 Å². The average Bonchev–Trinajstić information content (AvgIpc) is 3.26. The van der Waals surface area contributed by atoms with Gasteiger partial charge in [-0.1, -0.05) is 29.4 Å². The van der Waals surface area contributed by atoms with Crippen molar-refractivity contribution in [3.8, 4) is 5.69 Å². The van der Waals surface area contributed by atoms with Crippen molar-refractivity contribution in [1.29, 1.82) is 0 Å². The van der Waals surface area contributed by atoms with Crippen LogP contribution in [0.2, 0.25) is 0 Å². The summed E-state index contributed by atoms with van der Waals surface area (Å²) < 4.78 is 6.83. The van der Waals surface area contributed by atoms with Crippen LogP contribution in [0.15, 0.2) is 65.7 Å². The Morgan fingerprint density at radius 2 is 1.96 bits per heavy atom. The van der Waals surface area contributed by atoms with Gasteiger partial charge in [0.05, 0.1) is 17.8 Å². The third kappa shape index (κ3) is 2.63. The van der Waals surface area contributed by atoms with Crippen LogP contribution < -0.4 is 5.32 Å². The fourth-order valence-corrected chi connectivity index (χ4v) is 2.52. The van der Waals surface area contributed by atoms with Gasteiger partial charge in [-0.05, 0) is 24.3 Å². The fourth-order valence-electron chi connectivity index (χ4n) is 2.52. The van der Waals surface area contributed by atoms with E-state index in [9.17, 15) is 4.79 Å². The van der Waals surface area contributed by atoms with E-state index in [1.165, 1.54) is 6.33 Å². The van der Waals surface area contributed by atoms with E-state index in [2.05, 4.69) is 20.6 Å². The van der Waals surface area contributed by atoms with Crippen molar-refractivity contribution in [2.45, 2.75) is 6.42 Å². The van der Waals surface area contributed by atoms with E-state index >= 15 is 0 Å². The van der Waals surface area contributed by atoms with Crippen molar-refractivity contribution < 1.29 is 9.32 Å². The first kappa shape index (κ1) is 14.1. The molecule has 1 N–H and O–H groups in total. The van der Waals surface area contributed by atoms with Gasteiger partial charge in [0.1, 0.15) is 18.3 Å². The highest BCUT2D eigenvalue weighted by Crippen LogP contribution is 2.21. The molecule has 4 aromatic rings. The van der Waals surface area contributed by atoms with Crippen molar-refractivity contribution in [2.75, 3.05) is 5.32 Å². The van der Waals surface area contributed by atoms with Crippen LogP contribution in [-0.2, 0) is 11.2 Å². The molecule has 0 atom stereocenters. The minimum absolute atomic E-state index is 0.128. The summed E-state index contributed by atoms with van der Waals surface area (Å²) >= 11 is 0. The lowest BCUT2D eigenvalue weighted by Gasteiger charge is -2.10. The Labute approximate surface area is 136 Å². The Bertz CT molecular complexity index is 991. The number of aromatic nitrogens is 4.